The number of unbranched alkanes of at least 4 members (excludes halogenated alkanes) is 4. The Morgan fingerprint density at radius 2 is 1.08 bits per heavy atom. The first-order valence-corrected chi connectivity index (χ1v) is 14.4. The first kappa shape index (κ1) is 24.3. The third-order valence-corrected chi connectivity index (χ3v) is 14.1. The van der Waals surface area contributed by atoms with Crippen LogP contribution in [0.5, 0.6) is 0 Å². The standard InChI is InChI=1S/C18H42NO3PS/c1-5-9-14-23(15-10-6-2,16-11-7-3,17-12-8-4)22-24(20,21)18-13-19/h5-19H2,1-4H3. The Morgan fingerprint density at radius 1 is 0.750 bits per heavy atom. The van der Waals surface area contributed by atoms with Gasteiger partial charge in [0.05, 0.1) is 0 Å². The van der Waals surface area contributed by atoms with E-state index in [0.717, 1.165) is 76.0 Å². The van der Waals surface area contributed by atoms with Crippen LogP contribution >= 0.6 is 6.83 Å². The molecular weight excluding hydrogens is 341 g/mol. The Kier molecular flexibility index (Phi) is 12.0. The van der Waals surface area contributed by atoms with Crippen molar-refractivity contribution in [3.05, 3.63) is 0 Å². The van der Waals surface area contributed by atoms with Crippen molar-refractivity contribution in [3.63, 3.8) is 0 Å². The predicted molar refractivity (Wildman–Crippen MR) is 110 cm³/mol. The van der Waals surface area contributed by atoms with Crippen LogP contribution in [0.1, 0.15) is 79.1 Å². The maximum absolute atomic E-state index is 12.6. The van der Waals surface area contributed by atoms with Crippen LogP contribution in [0.2, 0.25) is 0 Å². The second-order valence-corrected chi connectivity index (χ2v) is 14.9. The Hall–Kier alpha value is 0.300. The predicted octanol–water partition coefficient (Wildman–Crippen LogP) is 4.96. The summed E-state index contributed by atoms with van der Waals surface area (Å²) in [5.41, 5.74) is 5.53. The third-order valence-electron chi connectivity index (χ3n) is 5.00. The summed E-state index contributed by atoms with van der Waals surface area (Å²) in [6.45, 7) is 6.11. The number of nitrogens with two attached hydrogens (primary N) is 1. The SMILES string of the molecule is CCCCP(CCCC)(CCCC)(CCCC)OS(=O)(=O)CCN. The van der Waals surface area contributed by atoms with Crippen LogP contribution in [0, 0.1) is 0 Å². The molecule has 0 saturated carbocycles. The average Bonchev–Trinajstić information content (AvgIpc) is 2.55. The molecule has 0 aromatic heterocycles. The Labute approximate surface area is 151 Å². The van der Waals surface area contributed by atoms with Gasteiger partial charge in [0, 0.05) is 0 Å². The molecule has 0 spiro atoms. The molecule has 0 saturated heterocycles. The fraction of sp³-hybridized carbons (Fsp3) is 1.00. The number of hydrogen-bond acceptors (Lipinski definition) is 4. The quantitative estimate of drug-likeness (QED) is 0.382. The van der Waals surface area contributed by atoms with Crippen LogP contribution in [0.25, 0.3) is 0 Å². The van der Waals surface area contributed by atoms with Gasteiger partial charge in [0.15, 0.2) is 0 Å². The van der Waals surface area contributed by atoms with Gasteiger partial charge in [-0.2, -0.15) is 0 Å². The van der Waals surface area contributed by atoms with Gasteiger partial charge in [0.25, 0.3) is 0 Å². The van der Waals surface area contributed by atoms with Crippen molar-refractivity contribution < 1.29 is 12.4 Å². The first-order chi connectivity index (χ1) is 11.3. The topological polar surface area (TPSA) is 69.4 Å². The Balaban J connectivity index is 5.90. The van der Waals surface area contributed by atoms with E-state index in [0.29, 0.717) is 0 Å². The molecule has 0 unspecified atom stereocenters. The fourth-order valence-electron chi connectivity index (χ4n) is 3.55. The van der Waals surface area contributed by atoms with Crippen LogP contribution in [-0.2, 0) is 14.1 Å². The molecule has 0 heterocycles. The van der Waals surface area contributed by atoms with E-state index < -0.39 is 16.9 Å². The molecule has 0 atom stereocenters. The van der Waals surface area contributed by atoms with Gasteiger partial charge in [0.1, 0.15) is 0 Å². The molecule has 0 aromatic carbocycles. The van der Waals surface area contributed by atoms with E-state index in [1.165, 1.54) is 0 Å². The molecule has 0 aliphatic rings. The van der Waals surface area contributed by atoms with Crippen LogP contribution in [0.3, 0.4) is 0 Å². The van der Waals surface area contributed by atoms with Gasteiger partial charge < -0.3 is 0 Å². The molecule has 148 valence electrons. The summed E-state index contributed by atoms with van der Waals surface area (Å²) in [5.74, 6) is -0.0542. The molecule has 0 radical (unpaired) electrons. The van der Waals surface area contributed by atoms with E-state index >= 15 is 0 Å². The second kappa shape index (κ2) is 11.8. The summed E-state index contributed by atoms with van der Waals surface area (Å²) in [5, 5.41) is 0. The summed E-state index contributed by atoms with van der Waals surface area (Å²) in [7, 11) is -3.54. The second-order valence-electron chi connectivity index (χ2n) is 7.29. The third kappa shape index (κ3) is 8.12. The summed E-state index contributed by atoms with van der Waals surface area (Å²) < 4.78 is 31.6. The van der Waals surface area contributed by atoms with Crippen LogP contribution < -0.4 is 5.73 Å². The van der Waals surface area contributed by atoms with Crippen molar-refractivity contribution >= 4 is 16.9 Å². The molecular formula is C18H42NO3PS. The van der Waals surface area contributed by atoms with E-state index in [1.807, 2.05) is 0 Å². The number of hydrogen-bond donors (Lipinski definition) is 1. The molecule has 0 bridgehead atoms. The van der Waals surface area contributed by atoms with E-state index in [-0.39, 0.29) is 12.3 Å². The Morgan fingerprint density at radius 3 is 1.33 bits per heavy atom. The molecule has 0 fully saturated rings. The molecule has 0 aliphatic carbocycles. The monoisotopic (exact) mass is 383 g/mol. The summed E-state index contributed by atoms with van der Waals surface area (Å²) >= 11 is 0. The van der Waals surface area contributed by atoms with Crippen molar-refractivity contribution in [2.45, 2.75) is 79.1 Å². The maximum atomic E-state index is 12.6. The molecule has 0 aromatic rings. The van der Waals surface area contributed by atoms with Gasteiger partial charge >= 0.3 is 151 Å². The van der Waals surface area contributed by atoms with Gasteiger partial charge in [-0.15, -0.1) is 0 Å². The zero-order chi connectivity index (χ0) is 18.6. The van der Waals surface area contributed by atoms with E-state index in [9.17, 15) is 8.42 Å². The normalized spacial score (nSPS) is 14.5. The van der Waals surface area contributed by atoms with Gasteiger partial charge in [-0.1, -0.05) is 0 Å². The minimum atomic E-state index is -3.54. The minimum absolute atomic E-state index is 0.0542. The summed E-state index contributed by atoms with van der Waals surface area (Å²) in [6.07, 6.45) is 12.5. The van der Waals surface area contributed by atoms with Gasteiger partial charge in [-0.3, -0.25) is 0 Å². The van der Waals surface area contributed by atoms with Crippen molar-refractivity contribution in [1.82, 2.24) is 0 Å². The van der Waals surface area contributed by atoms with E-state index in [2.05, 4.69) is 27.7 Å². The van der Waals surface area contributed by atoms with Gasteiger partial charge in [-0.25, -0.2) is 0 Å². The average molecular weight is 384 g/mol. The summed E-state index contributed by atoms with van der Waals surface area (Å²) in [6, 6.07) is 0. The van der Waals surface area contributed by atoms with E-state index in [4.69, 9.17) is 9.70 Å². The van der Waals surface area contributed by atoms with Crippen molar-refractivity contribution in [3.8, 4) is 0 Å². The zero-order valence-electron chi connectivity index (χ0n) is 16.6. The first-order valence-electron chi connectivity index (χ1n) is 9.97. The summed E-state index contributed by atoms with van der Waals surface area (Å²) in [4.78, 5) is 0. The van der Waals surface area contributed by atoms with Gasteiger partial charge in [-0.05, 0) is 0 Å². The van der Waals surface area contributed by atoms with Crippen LogP contribution in [-0.4, -0.2) is 45.4 Å². The zero-order valence-corrected chi connectivity index (χ0v) is 18.3. The molecule has 0 aliphatic heterocycles. The van der Waals surface area contributed by atoms with Crippen LogP contribution in [0.15, 0.2) is 0 Å². The molecule has 0 rings (SSSR count). The molecule has 4 nitrogen and oxygen atoms in total. The number of rotatable bonds is 16. The van der Waals surface area contributed by atoms with Gasteiger partial charge in [0.2, 0.25) is 0 Å². The Bertz CT molecular complexity index is 382. The fourth-order valence-corrected chi connectivity index (χ4v) is 13.7. The molecule has 2 N–H and O–H groups in total. The van der Waals surface area contributed by atoms with Crippen molar-refractivity contribution in [1.29, 1.82) is 0 Å². The molecule has 6 heteroatoms. The van der Waals surface area contributed by atoms with Crippen molar-refractivity contribution in [2.75, 3.05) is 36.9 Å². The van der Waals surface area contributed by atoms with Crippen molar-refractivity contribution in [2.24, 2.45) is 5.73 Å². The molecule has 0 amide bonds. The molecule has 24 heavy (non-hydrogen) atoms. The van der Waals surface area contributed by atoms with Crippen LogP contribution in [0.4, 0.5) is 0 Å². The van der Waals surface area contributed by atoms with E-state index in [1.54, 1.807) is 0 Å².